The van der Waals surface area contributed by atoms with E-state index in [1.54, 1.807) is 18.2 Å². The fraction of sp³-hybridized carbons (Fsp3) is 0.211. The largest absolute Gasteiger partial charge is 0.454 e. The number of hydrogen-bond donors (Lipinski definition) is 2. The standard InChI is InChI=1S/C19H18N4O3S2/c1-12(17(24)21-14-7-8-15-16(9-14)26-11-25-15)27-19-23-22-18(28-19)20-10-13-5-3-2-4-6-13/h2-9,12H,10-11H2,1H3,(H,20,22)(H,21,24)/t12-/m1/s1. The predicted molar refractivity (Wildman–Crippen MR) is 110 cm³/mol. The van der Waals surface area contributed by atoms with E-state index in [1.807, 2.05) is 37.3 Å². The molecular weight excluding hydrogens is 396 g/mol. The van der Waals surface area contributed by atoms with Crippen LogP contribution in [-0.2, 0) is 11.3 Å². The zero-order chi connectivity index (χ0) is 19.3. The number of hydrogen-bond acceptors (Lipinski definition) is 8. The Morgan fingerprint density at radius 2 is 2.00 bits per heavy atom. The number of carbonyl (C=O) groups excluding carboxylic acids is 1. The van der Waals surface area contributed by atoms with Crippen LogP contribution in [0.4, 0.5) is 10.8 Å². The topological polar surface area (TPSA) is 85.4 Å². The molecule has 0 fully saturated rings. The second-order valence-electron chi connectivity index (χ2n) is 6.03. The van der Waals surface area contributed by atoms with E-state index < -0.39 is 0 Å². The summed E-state index contributed by atoms with van der Waals surface area (Å²) in [4.78, 5) is 12.5. The first-order valence-corrected chi connectivity index (χ1v) is 10.4. The Bertz CT molecular complexity index is 965. The third-order valence-electron chi connectivity index (χ3n) is 3.98. The second kappa shape index (κ2) is 8.49. The number of amides is 1. The van der Waals surface area contributed by atoms with Gasteiger partial charge in [-0.1, -0.05) is 53.4 Å². The molecule has 0 radical (unpaired) electrons. The molecule has 0 spiro atoms. The lowest BCUT2D eigenvalue weighted by Crippen LogP contribution is -2.22. The van der Waals surface area contributed by atoms with E-state index >= 15 is 0 Å². The summed E-state index contributed by atoms with van der Waals surface area (Å²) in [6, 6.07) is 15.4. The molecule has 4 rings (SSSR count). The summed E-state index contributed by atoms with van der Waals surface area (Å²) in [7, 11) is 0. The van der Waals surface area contributed by atoms with Gasteiger partial charge in [0, 0.05) is 18.3 Å². The number of rotatable bonds is 7. The minimum Gasteiger partial charge on any atom is -0.454 e. The maximum Gasteiger partial charge on any atom is 0.237 e. The van der Waals surface area contributed by atoms with Gasteiger partial charge in [0.15, 0.2) is 15.8 Å². The van der Waals surface area contributed by atoms with Gasteiger partial charge in [-0.2, -0.15) is 0 Å². The molecule has 9 heteroatoms. The monoisotopic (exact) mass is 414 g/mol. The van der Waals surface area contributed by atoms with Crippen molar-refractivity contribution in [3.05, 3.63) is 54.1 Å². The molecule has 3 aromatic rings. The minimum absolute atomic E-state index is 0.113. The van der Waals surface area contributed by atoms with Crippen LogP contribution in [0.25, 0.3) is 0 Å². The third kappa shape index (κ3) is 4.55. The van der Waals surface area contributed by atoms with Gasteiger partial charge in [-0.3, -0.25) is 4.79 Å². The molecule has 0 saturated carbocycles. The molecule has 2 aromatic carbocycles. The van der Waals surface area contributed by atoms with Gasteiger partial charge in [-0.25, -0.2) is 0 Å². The van der Waals surface area contributed by atoms with E-state index in [4.69, 9.17) is 9.47 Å². The quantitative estimate of drug-likeness (QED) is 0.565. The first-order chi connectivity index (χ1) is 13.7. The average molecular weight is 415 g/mol. The van der Waals surface area contributed by atoms with Crippen molar-refractivity contribution in [2.24, 2.45) is 0 Å². The Morgan fingerprint density at radius 3 is 2.86 bits per heavy atom. The molecule has 2 heterocycles. The van der Waals surface area contributed by atoms with Crippen LogP contribution in [0.15, 0.2) is 52.9 Å². The molecule has 28 heavy (non-hydrogen) atoms. The predicted octanol–water partition coefficient (Wildman–Crippen LogP) is 4.00. The first kappa shape index (κ1) is 18.6. The summed E-state index contributed by atoms with van der Waals surface area (Å²) < 4.78 is 11.3. The summed E-state index contributed by atoms with van der Waals surface area (Å²) in [6.45, 7) is 2.72. The number of fused-ring (bicyclic) bond motifs is 1. The molecule has 144 valence electrons. The van der Waals surface area contributed by atoms with Crippen LogP contribution in [0.5, 0.6) is 11.5 Å². The van der Waals surface area contributed by atoms with Crippen molar-refractivity contribution in [3.63, 3.8) is 0 Å². The van der Waals surface area contributed by atoms with Crippen LogP contribution in [0.3, 0.4) is 0 Å². The minimum atomic E-state index is -0.319. The third-order valence-corrected chi connectivity index (χ3v) is 6.05. The molecule has 0 saturated heterocycles. The van der Waals surface area contributed by atoms with Crippen molar-refractivity contribution >= 4 is 39.8 Å². The van der Waals surface area contributed by atoms with Gasteiger partial charge in [0.05, 0.1) is 5.25 Å². The highest BCUT2D eigenvalue weighted by atomic mass is 32.2. The van der Waals surface area contributed by atoms with Crippen LogP contribution in [0, 0.1) is 0 Å². The number of aromatic nitrogens is 2. The van der Waals surface area contributed by atoms with Gasteiger partial charge in [-0.15, -0.1) is 10.2 Å². The maximum absolute atomic E-state index is 12.5. The number of thioether (sulfide) groups is 1. The van der Waals surface area contributed by atoms with Crippen molar-refractivity contribution in [1.82, 2.24) is 10.2 Å². The number of anilines is 2. The van der Waals surface area contributed by atoms with Crippen LogP contribution >= 0.6 is 23.1 Å². The Hall–Kier alpha value is -2.78. The number of nitrogens with zero attached hydrogens (tertiary/aromatic N) is 2. The van der Waals surface area contributed by atoms with E-state index in [1.165, 1.54) is 28.7 Å². The van der Waals surface area contributed by atoms with Gasteiger partial charge < -0.3 is 20.1 Å². The van der Waals surface area contributed by atoms with Gasteiger partial charge >= 0.3 is 0 Å². The molecule has 0 bridgehead atoms. The summed E-state index contributed by atoms with van der Waals surface area (Å²) in [5, 5.41) is 14.9. The van der Waals surface area contributed by atoms with Crippen LogP contribution in [0.2, 0.25) is 0 Å². The molecular formula is C19H18N4O3S2. The van der Waals surface area contributed by atoms with Crippen molar-refractivity contribution in [2.75, 3.05) is 17.4 Å². The summed E-state index contributed by atoms with van der Waals surface area (Å²) in [6.07, 6.45) is 0. The van der Waals surface area contributed by atoms with E-state index in [2.05, 4.69) is 20.8 Å². The Morgan fingerprint density at radius 1 is 1.18 bits per heavy atom. The van der Waals surface area contributed by atoms with E-state index in [0.717, 1.165) is 9.47 Å². The molecule has 1 aliphatic rings. The molecule has 0 unspecified atom stereocenters. The summed E-state index contributed by atoms with van der Waals surface area (Å²) in [5.74, 6) is 1.21. The zero-order valence-corrected chi connectivity index (χ0v) is 16.7. The van der Waals surface area contributed by atoms with Gasteiger partial charge in [-0.05, 0) is 24.6 Å². The molecule has 1 amide bonds. The van der Waals surface area contributed by atoms with Crippen molar-refractivity contribution in [2.45, 2.75) is 23.1 Å². The average Bonchev–Trinajstić information content (AvgIpc) is 3.36. The molecule has 0 aliphatic carbocycles. The highest BCUT2D eigenvalue weighted by Crippen LogP contribution is 2.35. The lowest BCUT2D eigenvalue weighted by atomic mass is 10.2. The number of benzene rings is 2. The van der Waals surface area contributed by atoms with E-state index in [0.29, 0.717) is 23.7 Å². The lowest BCUT2D eigenvalue weighted by molar-refractivity contribution is -0.115. The van der Waals surface area contributed by atoms with Crippen LogP contribution in [0.1, 0.15) is 12.5 Å². The Labute approximate surface area is 170 Å². The smallest absolute Gasteiger partial charge is 0.237 e. The SMILES string of the molecule is C[C@@H](Sc1nnc(NCc2ccccc2)s1)C(=O)Nc1ccc2c(c1)OCO2. The fourth-order valence-corrected chi connectivity index (χ4v) is 4.42. The van der Waals surface area contributed by atoms with Crippen molar-refractivity contribution < 1.29 is 14.3 Å². The van der Waals surface area contributed by atoms with E-state index in [-0.39, 0.29) is 18.0 Å². The lowest BCUT2D eigenvalue weighted by Gasteiger charge is -2.10. The second-order valence-corrected chi connectivity index (χ2v) is 8.60. The van der Waals surface area contributed by atoms with E-state index in [9.17, 15) is 4.79 Å². The zero-order valence-electron chi connectivity index (χ0n) is 15.0. The molecule has 7 nitrogen and oxygen atoms in total. The van der Waals surface area contributed by atoms with Gasteiger partial charge in [0.1, 0.15) is 0 Å². The number of carbonyl (C=O) groups is 1. The summed E-state index contributed by atoms with van der Waals surface area (Å²) in [5.41, 5.74) is 1.84. The van der Waals surface area contributed by atoms with Crippen LogP contribution < -0.4 is 20.1 Å². The first-order valence-electron chi connectivity index (χ1n) is 8.66. The van der Waals surface area contributed by atoms with Crippen molar-refractivity contribution in [3.8, 4) is 11.5 Å². The Kier molecular flexibility index (Phi) is 5.63. The molecule has 1 aromatic heterocycles. The molecule has 1 aliphatic heterocycles. The fourth-order valence-electron chi connectivity index (χ4n) is 2.53. The number of ether oxygens (including phenoxy) is 2. The van der Waals surface area contributed by atoms with Gasteiger partial charge in [0.25, 0.3) is 0 Å². The molecule has 2 N–H and O–H groups in total. The van der Waals surface area contributed by atoms with Crippen molar-refractivity contribution in [1.29, 1.82) is 0 Å². The highest BCUT2D eigenvalue weighted by molar-refractivity contribution is 8.02. The molecule has 1 atom stereocenters. The Balaban J connectivity index is 1.30. The maximum atomic E-state index is 12.5. The summed E-state index contributed by atoms with van der Waals surface area (Å²) >= 11 is 2.81. The van der Waals surface area contributed by atoms with Crippen LogP contribution in [-0.4, -0.2) is 28.1 Å². The normalized spacial score (nSPS) is 13.2. The highest BCUT2D eigenvalue weighted by Gasteiger charge is 2.19. The van der Waals surface area contributed by atoms with Gasteiger partial charge in [0.2, 0.25) is 17.8 Å². The number of nitrogens with one attached hydrogen (secondary N) is 2.